The van der Waals surface area contributed by atoms with Crippen molar-refractivity contribution in [2.45, 2.75) is 19.3 Å². The molecule has 0 fully saturated rings. The Labute approximate surface area is 60.4 Å². The summed E-state index contributed by atoms with van der Waals surface area (Å²) in [5.41, 5.74) is 1.17. The molecule has 0 saturated heterocycles. The maximum Gasteiger partial charge on any atom is 0.0661 e. The summed E-state index contributed by atoms with van der Waals surface area (Å²) < 4.78 is 0. The first-order valence-corrected chi connectivity index (χ1v) is 3.73. The normalized spacial score (nSPS) is 29.6. The zero-order chi connectivity index (χ0) is 6.81. The number of allylic oxidation sites excluding steroid dienone is 2. The highest BCUT2D eigenvalue weighted by molar-refractivity contribution is 5.99. The van der Waals surface area contributed by atoms with Gasteiger partial charge in [-0.3, -0.25) is 0 Å². The molecule has 1 unspecified atom stereocenters. The van der Waals surface area contributed by atoms with E-state index in [9.17, 15) is 0 Å². The van der Waals surface area contributed by atoms with E-state index in [2.05, 4.69) is 22.4 Å². The Morgan fingerprint density at radius 2 is 2.50 bits per heavy atom. The van der Waals surface area contributed by atoms with E-state index in [1.54, 1.807) is 0 Å². The van der Waals surface area contributed by atoms with Gasteiger partial charge in [0.1, 0.15) is 0 Å². The Morgan fingerprint density at radius 1 is 1.50 bits per heavy atom. The van der Waals surface area contributed by atoms with Gasteiger partial charge in [0.2, 0.25) is 0 Å². The lowest BCUT2D eigenvalue weighted by Gasteiger charge is -2.18. The summed E-state index contributed by atoms with van der Waals surface area (Å²) >= 11 is 0. The van der Waals surface area contributed by atoms with Gasteiger partial charge in [-0.05, 0) is 25.3 Å². The van der Waals surface area contributed by atoms with E-state index in [1.165, 1.54) is 18.6 Å². The van der Waals surface area contributed by atoms with Crippen molar-refractivity contribution in [3.05, 3.63) is 12.2 Å². The second-order valence-electron chi connectivity index (χ2n) is 2.74. The molecule has 2 aliphatic rings. The summed E-state index contributed by atoms with van der Waals surface area (Å²) in [6, 6.07) is 0. The summed E-state index contributed by atoms with van der Waals surface area (Å²) in [4.78, 5) is 0. The minimum absolute atomic E-state index is 0.669. The predicted molar refractivity (Wildman–Crippen MR) is 42.4 cm³/mol. The minimum Gasteiger partial charge on any atom is -0.163 e. The summed E-state index contributed by atoms with van der Waals surface area (Å²) in [5, 5.41) is 7.92. The van der Waals surface area contributed by atoms with Crippen molar-refractivity contribution in [3.8, 4) is 0 Å². The summed E-state index contributed by atoms with van der Waals surface area (Å²) in [6.45, 7) is 0. The number of rotatable bonds is 0. The van der Waals surface area contributed by atoms with Gasteiger partial charge in [0.15, 0.2) is 0 Å². The fourth-order valence-corrected chi connectivity index (χ4v) is 1.42. The molecule has 0 spiro atoms. The van der Waals surface area contributed by atoms with Gasteiger partial charge in [0, 0.05) is 12.1 Å². The fourth-order valence-electron chi connectivity index (χ4n) is 1.42. The van der Waals surface area contributed by atoms with Crippen LogP contribution in [0.1, 0.15) is 19.3 Å². The highest BCUT2D eigenvalue weighted by Crippen LogP contribution is 2.20. The number of hydrogen-bond acceptors (Lipinski definition) is 2. The largest absolute Gasteiger partial charge is 0.163 e. The molecule has 1 aliphatic carbocycles. The monoisotopic (exact) mass is 134 g/mol. The topological polar surface area (TPSA) is 24.7 Å². The Morgan fingerprint density at radius 3 is 3.40 bits per heavy atom. The third kappa shape index (κ3) is 0.897. The second-order valence-corrected chi connectivity index (χ2v) is 2.74. The standard InChI is InChI=1S/C8H10N2/c1-2-4-8-7(3-1)5-6-9-10-8/h2,4,6-7H,1,3,5H2. The number of hydrogen-bond donors (Lipinski definition) is 0. The Balaban J connectivity index is 2.27. The molecule has 0 saturated carbocycles. The molecule has 1 atom stereocenters. The maximum absolute atomic E-state index is 4.05. The second kappa shape index (κ2) is 2.37. The van der Waals surface area contributed by atoms with Gasteiger partial charge in [0.05, 0.1) is 5.71 Å². The molecule has 0 aromatic carbocycles. The van der Waals surface area contributed by atoms with E-state index in [0.717, 1.165) is 6.42 Å². The average molecular weight is 134 g/mol. The van der Waals surface area contributed by atoms with Crippen LogP contribution in [0.4, 0.5) is 0 Å². The van der Waals surface area contributed by atoms with Gasteiger partial charge in [-0.2, -0.15) is 10.2 Å². The van der Waals surface area contributed by atoms with Crippen molar-refractivity contribution < 1.29 is 0 Å². The van der Waals surface area contributed by atoms with E-state index in [-0.39, 0.29) is 0 Å². The summed E-state index contributed by atoms with van der Waals surface area (Å²) in [6.07, 6.45) is 9.73. The van der Waals surface area contributed by atoms with E-state index >= 15 is 0 Å². The molecule has 0 aromatic rings. The Kier molecular flexibility index (Phi) is 1.38. The van der Waals surface area contributed by atoms with Gasteiger partial charge in [0.25, 0.3) is 0 Å². The molecule has 0 N–H and O–H groups in total. The average Bonchev–Trinajstić information content (AvgIpc) is 2.05. The van der Waals surface area contributed by atoms with Crippen molar-refractivity contribution in [3.63, 3.8) is 0 Å². The molecule has 0 bridgehead atoms. The molecule has 2 heteroatoms. The Hall–Kier alpha value is -0.920. The van der Waals surface area contributed by atoms with Crippen molar-refractivity contribution >= 4 is 11.9 Å². The molecule has 52 valence electrons. The van der Waals surface area contributed by atoms with Crippen LogP contribution in [0, 0.1) is 5.92 Å². The van der Waals surface area contributed by atoms with Crippen LogP contribution in [0.15, 0.2) is 22.4 Å². The van der Waals surface area contributed by atoms with E-state index < -0.39 is 0 Å². The lowest BCUT2D eigenvalue weighted by Crippen LogP contribution is -2.17. The van der Waals surface area contributed by atoms with Gasteiger partial charge in [-0.1, -0.05) is 6.08 Å². The van der Waals surface area contributed by atoms with Crippen molar-refractivity contribution in [1.82, 2.24) is 0 Å². The quantitative estimate of drug-likeness (QED) is 0.482. The van der Waals surface area contributed by atoms with Crippen molar-refractivity contribution in [2.75, 3.05) is 0 Å². The first-order chi connectivity index (χ1) is 4.97. The predicted octanol–water partition coefficient (Wildman–Crippen LogP) is 1.78. The third-order valence-electron chi connectivity index (χ3n) is 2.03. The van der Waals surface area contributed by atoms with E-state index in [4.69, 9.17) is 0 Å². The fraction of sp³-hybridized carbons (Fsp3) is 0.500. The van der Waals surface area contributed by atoms with Crippen LogP contribution in [-0.2, 0) is 0 Å². The van der Waals surface area contributed by atoms with E-state index in [0.29, 0.717) is 5.92 Å². The van der Waals surface area contributed by atoms with Crippen LogP contribution >= 0.6 is 0 Å². The van der Waals surface area contributed by atoms with Crippen LogP contribution < -0.4 is 0 Å². The lowest BCUT2D eigenvalue weighted by molar-refractivity contribution is 0.642. The van der Waals surface area contributed by atoms with Crippen LogP contribution in [0.25, 0.3) is 0 Å². The molecular formula is C8H10N2. The first-order valence-electron chi connectivity index (χ1n) is 3.73. The molecule has 0 aromatic heterocycles. The van der Waals surface area contributed by atoms with Gasteiger partial charge in [-0.15, -0.1) is 0 Å². The van der Waals surface area contributed by atoms with Gasteiger partial charge >= 0.3 is 0 Å². The smallest absolute Gasteiger partial charge is 0.0661 e. The number of fused-ring (bicyclic) bond motifs is 1. The number of nitrogens with zero attached hydrogens (tertiary/aromatic N) is 2. The highest BCUT2D eigenvalue weighted by atomic mass is 15.2. The minimum atomic E-state index is 0.669. The molecule has 0 amide bonds. The van der Waals surface area contributed by atoms with Crippen LogP contribution in [-0.4, -0.2) is 11.9 Å². The zero-order valence-corrected chi connectivity index (χ0v) is 5.83. The zero-order valence-electron chi connectivity index (χ0n) is 5.83. The van der Waals surface area contributed by atoms with Crippen LogP contribution in [0.2, 0.25) is 0 Å². The molecule has 10 heavy (non-hydrogen) atoms. The highest BCUT2D eigenvalue weighted by Gasteiger charge is 2.17. The molecule has 1 aliphatic heterocycles. The van der Waals surface area contributed by atoms with E-state index in [1.807, 2.05) is 6.21 Å². The van der Waals surface area contributed by atoms with Crippen molar-refractivity contribution in [2.24, 2.45) is 16.1 Å². The summed E-state index contributed by atoms with van der Waals surface area (Å²) in [5.74, 6) is 0.669. The summed E-state index contributed by atoms with van der Waals surface area (Å²) in [7, 11) is 0. The first kappa shape index (κ1) is 5.83. The molecule has 1 heterocycles. The van der Waals surface area contributed by atoms with Gasteiger partial charge in [-0.25, -0.2) is 0 Å². The SMILES string of the molecule is C1=CC2=NN=CCC2CC1. The Bertz CT molecular complexity index is 213. The van der Waals surface area contributed by atoms with Crippen LogP contribution in [0.3, 0.4) is 0 Å². The van der Waals surface area contributed by atoms with Crippen LogP contribution in [0.5, 0.6) is 0 Å². The lowest BCUT2D eigenvalue weighted by atomic mass is 9.90. The molecular weight excluding hydrogens is 124 g/mol. The van der Waals surface area contributed by atoms with Crippen molar-refractivity contribution in [1.29, 1.82) is 0 Å². The molecule has 2 nitrogen and oxygen atoms in total. The molecule has 0 radical (unpaired) electrons. The van der Waals surface area contributed by atoms with Gasteiger partial charge < -0.3 is 0 Å². The molecule has 2 rings (SSSR count). The third-order valence-corrected chi connectivity index (χ3v) is 2.03. The maximum atomic E-state index is 4.05.